The van der Waals surface area contributed by atoms with Crippen LogP contribution in [0.4, 0.5) is 0 Å². The molecule has 69 heavy (non-hydrogen) atoms. The van der Waals surface area contributed by atoms with Crippen molar-refractivity contribution in [3.8, 4) is 39.5 Å². The van der Waals surface area contributed by atoms with Crippen LogP contribution in [0.15, 0.2) is 173 Å². The zero-order chi connectivity index (χ0) is 49.3. The molecular weight excluding hydrogens is 1020 g/mol. The number of imidazole rings is 1. The summed E-state index contributed by atoms with van der Waals surface area (Å²) in [6, 6.07) is 60.5. The van der Waals surface area contributed by atoms with Crippen molar-refractivity contribution in [2.45, 2.75) is 72.6 Å². The molecule has 0 saturated carbocycles. The van der Waals surface area contributed by atoms with Crippen LogP contribution in [0, 0.1) is 19.0 Å². The summed E-state index contributed by atoms with van der Waals surface area (Å²) in [4.78, 5) is 9.79. The zero-order valence-electron chi connectivity index (χ0n) is 42.7. The van der Waals surface area contributed by atoms with Crippen LogP contribution in [0.2, 0.25) is 0 Å². The van der Waals surface area contributed by atoms with Gasteiger partial charge in [-0.05, 0) is 98.6 Å². The minimum absolute atomic E-state index is 0. The van der Waals surface area contributed by atoms with Crippen LogP contribution in [0.25, 0.3) is 105 Å². The summed E-state index contributed by atoms with van der Waals surface area (Å²) in [7, 11) is 0. The monoisotopic (exact) mass is 1080 g/mol. The second-order valence-corrected chi connectivity index (χ2v) is 19.4. The normalized spacial score (nSPS) is 12.7. The fourth-order valence-electron chi connectivity index (χ4n) is 9.59. The van der Waals surface area contributed by atoms with Crippen molar-refractivity contribution in [1.29, 1.82) is 0 Å². The first-order valence-corrected chi connectivity index (χ1v) is 23.4. The molecule has 343 valence electrons. The molecule has 4 aromatic heterocycles. The Morgan fingerprint density at radius 2 is 1.32 bits per heavy atom. The van der Waals surface area contributed by atoms with Gasteiger partial charge in [-0.25, -0.2) is 0 Å². The van der Waals surface area contributed by atoms with Crippen LogP contribution < -0.4 is 0 Å². The maximum Gasteiger partial charge on any atom is 0.136 e. The zero-order valence-corrected chi connectivity index (χ0v) is 42.1. The van der Waals surface area contributed by atoms with Gasteiger partial charge < -0.3 is 18.4 Å². The van der Waals surface area contributed by atoms with Crippen molar-refractivity contribution in [2.24, 2.45) is 0 Å². The Morgan fingerprint density at radius 3 is 2.03 bits per heavy atom. The van der Waals surface area contributed by atoms with Crippen molar-refractivity contribution in [3.05, 3.63) is 198 Å². The summed E-state index contributed by atoms with van der Waals surface area (Å²) in [5, 5.41) is 6.49. The van der Waals surface area contributed by atoms with Crippen molar-refractivity contribution < 1.29 is 33.1 Å². The summed E-state index contributed by atoms with van der Waals surface area (Å²) >= 11 is 0. The van der Waals surface area contributed by atoms with E-state index in [1.807, 2.05) is 36.4 Å². The summed E-state index contributed by atoms with van der Waals surface area (Å²) in [6.07, 6.45) is 1.78. The van der Waals surface area contributed by atoms with Crippen LogP contribution in [0.3, 0.4) is 0 Å². The topological polar surface area (TPSA) is 57.0 Å². The van der Waals surface area contributed by atoms with Gasteiger partial charge in [-0.2, -0.15) is 0 Å². The number of hydrogen-bond donors (Lipinski definition) is 0. The molecule has 0 unspecified atom stereocenters. The molecular formula is C63H53IrN3O2-2. The number of benzene rings is 8. The fraction of sp³-hybridized carbons (Fsp3) is 0.175. The van der Waals surface area contributed by atoms with Crippen LogP contribution >= 0.6 is 0 Å². The third-order valence-electron chi connectivity index (χ3n) is 13.2. The van der Waals surface area contributed by atoms with Gasteiger partial charge in [-0.1, -0.05) is 151 Å². The van der Waals surface area contributed by atoms with Gasteiger partial charge in [0.1, 0.15) is 16.7 Å². The van der Waals surface area contributed by atoms with Gasteiger partial charge in [0.05, 0.1) is 22.4 Å². The largest absolute Gasteiger partial charge is 0.501 e. The Labute approximate surface area is 421 Å². The third-order valence-corrected chi connectivity index (χ3v) is 13.2. The Kier molecular flexibility index (Phi) is 11.0. The molecule has 6 heteroatoms. The van der Waals surface area contributed by atoms with E-state index in [1.165, 1.54) is 45.0 Å². The summed E-state index contributed by atoms with van der Waals surface area (Å²) < 4.78 is 37.6. The van der Waals surface area contributed by atoms with E-state index in [-0.39, 0.29) is 37.4 Å². The van der Waals surface area contributed by atoms with Crippen molar-refractivity contribution in [1.82, 2.24) is 14.5 Å². The molecule has 0 atom stereocenters. The van der Waals surface area contributed by atoms with Gasteiger partial charge in [-0.15, -0.1) is 53.6 Å². The molecule has 0 spiro atoms. The van der Waals surface area contributed by atoms with Crippen LogP contribution in [-0.4, -0.2) is 14.5 Å². The first-order chi connectivity index (χ1) is 34.1. The molecule has 0 aliphatic rings. The van der Waals surface area contributed by atoms with Gasteiger partial charge in [0.25, 0.3) is 0 Å². The third kappa shape index (κ3) is 8.26. The first-order valence-electron chi connectivity index (χ1n) is 24.9. The molecule has 0 saturated heterocycles. The van der Waals surface area contributed by atoms with Crippen LogP contribution in [0.5, 0.6) is 0 Å². The predicted octanol–water partition coefficient (Wildman–Crippen LogP) is 17.5. The SMILES string of the molecule is CC(C)c1cc(-c2ccccc2)cc(C(C)C)c1-n1c(-c2[c-]ccc3c2oc2cc4c(cc23)oc2ccccc24)nc2ccc3ccccc3c21.[2H]C([2H])([2H])c1c[c-]c(-c2cc(C(C)(C)C)ccn2)cc1.[Ir]. The Hall–Kier alpha value is -7.11. The summed E-state index contributed by atoms with van der Waals surface area (Å²) in [5.74, 6) is 1.31. The van der Waals surface area contributed by atoms with Crippen LogP contribution in [0.1, 0.15) is 86.7 Å². The summed E-state index contributed by atoms with van der Waals surface area (Å²) in [6.45, 7) is 13.5. The maximum atomic E-state index is 7.36. The molecule has 0 N–H and O–H groups in total. The number of aryl methyl sites for hydroxylation is 1. The van der Waals surface area contributed by atoms with Gasteiger partial charge in [0, 0.05) is 57.6 Å². The molecule has 0 amide bonds. The average Bonchev–Trinajstić information content (AvgIpc) is 4.06. The van der Waals surface area contributed by atoms with Gasteiger partial charge in [0.2, 0.25) is 0 Å². The number of aromatic nitrogens is 3. The van der Waals surface area contributed by atoms with E-state index in [2.05, 4.69) is 173 Å². The predicted molar refractivity (Wildman–Crippen MR) is 283 cm³/mol. The van der Waals surface area contributed by atoms with Crippen molar-refractivity contribution in [3.63, 3.8) is 0 Å². The molecule has 0 aliphatic heterocycles. The molecule has 12 rings (SSSR count). The molecule has 12 aromatic rings. The number of furan rings is 2. The molecule has 0 aliphatic carbocycles. The second kappa shape index (κ2) is 18.1. The van der Waals surface area contributed by atoms with E-state index in [4.69, 9.17) is 17.9 Å². The van der Waals surface area contributed by atoms with E-state index in [0.717, 1.165) is 82.9 Å². The number of pyridine rings is 1. The average molecular weight is 1080 g/mol. The molecule has 4 heterocycles. The fourth-order valence-corrected chi connectivity index (χ4v) is 9.59. The van der Waals surface area contributed by atoms with Crippen molar-refractivity contribution in [2.75, 3.05) is 0 Å². The Bertz CT molecular complexity index is 3940. The quantitative estimate of drug-likeness (QED) is 0.156. The van der Waals surface area contributed by atoms with Crippen LogP contribution in [-0.2, 0) is 25.5 Å². The number of hydrogen-bond acceptors (Lipinski definition) is 4. The van der Waals surface area contributed by atoms with E-state index >= 15 is 0 Å². The first kappa shape index (κ1) is 42.0. The van der Waals surface area contributed by atoms with E-state index < -0.39 is 6.85 Å². The Morgan fingerprint density at radius 1 is 0.623 bits per heavy atom. The number of fused-ring (bicyclic) bond motifs is 9. The minimum atomic E-state index is -2.09. The minimum Gasteiger partial charge on any atom is -0.501 e. The molecule has 0 fully saturated rings. The van der Waals surface area contributed by atoms with Gasteiger partial charge in [-0.3, -0.25) is 4.98 Å². The van der Waals surface area contributed by atoms with Crippen molar-refractivity contribution >= 4 is 65.7 Å². The number of rotatable bonds is 6. The van der Waals surface area contributed by atoms with E-state index in [1.54, 1.807) is 18.3 Å². The standard InChI is InChI=1S/C47H35N2O2.C16H18N.Ir/c1-27(2)36-23-31(29-13-6-5-7-14-29)24-37(28(3)4)44(36)49-45-32-16-9-8-15-30(32)21-22-40(45)48-47(49)35-19-12-18-34-39-26-42-38(25-43(39)51-46(34)35)33-17-10-11-20-41(33)50-42;1-12-5-7-13(8-6-12)15-11-14(9-10-17-15)16(2,3)4;/h5-18,20-28H,1-4H3;5-7,9-11H,1-4H3;/q2*-1;/i;1D3;. The smallest absolute Gasteiger partial charge is 0.136 e. The Balaban J connectivity index is 0.000000240. The van der Waals surface area contributed by atoms with E-state index in [9.17, 15) is 0 Å². The molecule has 0 bridgehead atoms. The van der Waals surface area contributed by atoms with Gasteiger partial charge >= 0.3 is 0 Å². The van der Waals surface area contributed by atoms with E-state index in [0.29, 0.717) is 5.56 Å². The molecule has 1 radical (unpaired) electrons. The molecule has 8 aromatic carbocycles. The molecule has 5 nitrogen and oxygen atoms in total. The number of nitrogens with zero attached hydrogens (tertiary/aromatic N) is 3. The maximum absolute atomic E-state index is 7.36. The number of para-hydroxylation sites is 1. The second-order valence-electron chi connectivity index (χ2n) is 19.4. The van der Waals surface area contributed by atoms with Gasteiger partial charge in [0.15, 0.2) is 0 Å². The summed E-state index contributed by atoms with van der Waals surface area (Å²) in [5.41, 5.74) is 15.5.